The van der Waals surface area contributed by atoms with Crippen LogP contribution in [-0.4, -0.2) is 9.52 Å². The molecule has 0 spiro atoms. The van der Waals surface area contributed by atoms with Crippen molar-refractivity contribution in [3.05, 3.63) is 129 Å². The molecule has 0 aromatic heterocycles. The molecule has 0 unspecified atom stereocenters. The van der Waals surface area contributed by atoms with Crippen molar-refractivity contribution in [1.29, 1.82) is 0 Å². The number of hydrogen-bond acceptors (Lipinski definition) is 0. The summed E-state index contributed by atoms with van der Waals surface area (Å²) in [6, 6.07) is 39.8. The van der Waals surface area contributed by atoms with Gasteiger partial charge in [-0.3, -0.25) is 0 Å². The first-order valence-corrected chi connectivity index (χ1v) is 13.7. The van der Waals surface area contributed by atoms with E-state index in [0.717, 1.165) is 22.4 Å². The molecule has 5 aromatic carbocycles. The fraction of sp³-hybridized carbons (Fsp3) is 0.212. The van der Waals surface area contributed by atoms with E-state index in [4.69, 9.17) is 0 Å². The Morgan fingerprint density at radius 2 is 0.971 bits per heavy atom. The summed E-state index contributed by atoms with van der Waals surface area (Å²) in [5.74, 6) is 0. The van der Waals surface area contributed by atoms with Crippen molar-refractivity contribution in [2.45, 2.75) is 46.1 Å². The van der Waals surface area contributed by atoms with Gasteiger partial charge in [-0.15, -0.1) is 59.3 Å². The van der Waals surface area contributed by atoms with E-state index < -0.39 is 0 Å². The molecule has 0 aliphatic heterocycles. The molecule has 2 radical (unpaired) electrons. The molecule has 0 atom stereocenters. The summed E-state index contributed by atoms with van der Waals surface area (Å²) in [4.78, 5) is 0. The average molecular weight is 513 g/mol. The quantitative estimate of drug-likeness (QED) is 0.167. The van der Waals surface area contributed by atoms with Crippen LogP contribution in [0.3, 0.4) is 0 Å². The zero-order chi connectivity index (χ0) is 24.9. The molecular weight excluding hydrogens is 472 g/mol. The van der Waals surface area contributed by atoms with Gasteiger partial charge in [0.25, 0.3) is 0 Å². The van der Waals surface area contributed by atoms with Crippen molar-refractivity contribution in [3.8, 4) is 0 Å². The Morgan fingerprint density at radius 3 is 1.29 bits per heavy atom. The molecule has 180 valence electrons. The molecule has 0 aliphatic carbocycles. The first-order valence-electron chi connectivity index (χ1n) is 12.2. The predicted octanol–water partition coefficient (Wildman–Crippen LogP) is 9.42. The molecule has 0 aliphatic rings. The van der Waals surface area contributed by atoms with E-state index in [-0.39, 0.29) is 21.7 Å². The van der Waals surface area contributed by atoms with Crippen LogP contribution in [-0.2, 0) is 21.7 Å². The summed E-state index contributed by atoms with van der Waals surface area (Å²) in [6.45, 7) is 13.6. The predicted molar refractivity (Wildman–Crippen MR) is 157 cm³/mol. The van der Waals surface area contributed by atoms with Gasteiger partial charge >= 0.3 is 21.7 Å². The van der Waals surface area contributed by atoms with E-state index >= 15 is 0 Å². The Labute approximate surface area is 232 Å². The third kappa shape index (κ3) is 14.7. The van der Waals surface area contributed by atoms with Gasteiger partial charge in [0.1, 0.15) is 0 Å². The molecule has 0 N–H and O–H groups in total. The normalized spacial score (nSPS) is 9.06. The van der Waals surface area contributed by atoms with E-state index in [2.05, 4.69) is 143 Å². The molecule has 0 heterocycles. The monoisotopic (exact) mass is 512 g/mol. The molecule has 0 nitrogen and oxygen atoms in total. The van der Waals surface area contributed by atoms with Crippen LogP contribution in [0.5, 0.6) is 0 Å². The van der Waals surface area contributed by atoms with Gasteiger partial charge < -0.3 is 13.8 Å². The maximum absolute atomic E-state index is 3.60. The number of rotatable bonds is 3. The topological polar surface area (TPSA) is 0 Å². The van der Waals surface area contributed by atoms with E-state index in [1.807, 2.05) is 6.07 Å². The fourth-order valence-corrected chi connectivity index (χ4v) is 3.27. The van der Waals surface area contributed by atoms with Crippen LogP contribution in [0.15, 0.2) is 115 Å². The van der Waals surface area contributed by atoms with Crippen molar-refractivity contribution in [1.82, 2.24) is 0 Å². The van der Waals surface area contributed by atoms with Crippen molar-refractivity contribution in [3.63, 3.8) is 0 Å². The van der Waals surface area contributed by atoms with Crippen molar-refractivity contribution in [2.75, 3.05) is 0 Å². The maximum Gasteiger partial charge on any atom is 4.00 e. The minimum absolute atomic E-state index is 0. The molecule has 35 heavy (non-hydrogen) atoms. The Morgan fingerprint density at radius 1 is 0.600 bits per heavy atom. The second kappa shape index (κ2) is 22.3. The summed E-state index contributed by atoms with van der Waals surface area (Å²) in [7, 11) is 0.930. The van der Waals surface area contributed by atoms with Crippen LogP contribution in [0.1, 0.15) is 39.5 Å². The minimum atomic E-state index is 0. The minimum Gasteiger partial charge on any atom is -0.343 e. The SMILES string of the molecule is C[Si]c1ccccc1.[CH2-]CCC.[CH2-]CCC.[Ti+4].c1ccc2[cH-]ccc2c1.c1ccc2[cH-]ccc2c1. The Bertz CT molecular complexity index is 957. The summed E-state index contributed by atoms with van der Waals surface area (Å²) in [5.41, 5.74) is 0. The molecular formula is C33H40SiTi. The molecule has 2 heteroatoms. The zero-order valence-corrected chi connectivity index (χ0v) is 24.3. The van der Waals surface area contributed by atoms with Crippen molar-refractivity contribution < 1.29 is 21.7 Å². The third-order valence-corrected chi connectivity index (χ3v) is 5.78. The van der Waals surface area contributed by atoms with Gasteiger partial charge in [0, 0.05) is 0 Å². The molecule has 0 fully saturated rings. The number of hydrogen-bond donors (Lipinski definition) is 0. The Balaban J connectivity index is 0.000000428. The number of fused-ring (bicyclic) bond motifs is 2. The van der Waals surface area contributed by atoms with Crippen LogP contribution < -0.4 is 5.19 Å². The molecule has 5 rings (SSSR count). The summed E-state index contributed by atoms with van der Waals surface area (Å²) in [5, 5.41) is 6.76. The Hall–Kier alpha value is -2.19. The van der Waals surface area contributed by atoms with Crippen molar-refractivity contribution >= 4 is 36.3 Å². The Kier molecular flexibility index (Phi) is 20.9. The summed E-state index contributed by atoms with van der Waals surface area (Å²) >= 11 is 0. The number of benzene rings is 3. The smallest absolute Gasteiger partial charge is 0.343 e. The second-order valence-corrected chi connectivity index (χ2v) is 8.71. The molecule has 5 aromatic rings. The largest absolute Gasteiger partial charge is 4.00 e. The summed E-state index contributed by atoms with van der Waals surface area (Å²) in [6.07, 6.45) is 4.56. The first-order chi connectivity index (χ1) is 16.7. The first kappa shape index (κ1) is 32.8. The molecule has 0 bridgehead atoms. The maximum atomic E-state index is 3.60. The van der Waals surface area contributed by atoms with Gasteiger partial charge in [0.15, 0.2) is 0 Å². The van der Waals surface area contributed by atoms with Gasteiger partial charge in [-0.25, -0.2) is 0 Å². The molecule has 0 saturated carbocycles. The zero-order valence-electron chi connectivity index (χ0n) is 21.7. The van der Waals surface area contributed by atoms with Crippen LogP contribution in [0.2, 0.25) is 6.55 Å². The standard InChI is InChI=1S/2C9H7.C7H8Si.2C4H9.Ti/c2*1-2-5-9-7-3-6-8(9)4-1;1-8-7-5-3-2-4-6-7;2*1-3-4-2;/h2*1-7H;2-6H,1H3;2*1,3-4H2,2H3;/q2*-1;;2*-1;+4. The van der Waals surface area contributed by atoms with Crippen molar-refractivity contribution in [2.24, 2.45) is 0 Å². The van der Waals surface area contributed by atoms with Gasteiger partial charge in [0.05, 0.1) is 9.52 Å². The molecule has 0 amide bonds. The fourth-order valence-electron chi connectivity index (χ4n) is 2.74. The van der Waals surface area contributed by atoms with Gasteiger partial charge in [-0.05, 0) is 0 Å². The van der Waals surface area contributed by atoms with E-state index in [1.54, 1.807) is 0 Å². The van der Waals surface area contributed by atoms with E-state index in [0.29, 0.717) is 0 Å². The summed E-state index contributed by atoms with van der Waals surface area (Å²) < 4.78 is 0. The van der Waals surface area contributed by atoms with Crippen LogP contribution in [0.4, 0.5) is 0 Å². The second-order valence-electron chi connectivity index (χ2n) is 7.63. The van der Waals surface area contributed by atoms with E-state index in [9.17, 15) is 0 Å². The van der Waals surface area contributed by atoms with Gasteiger partial charge in [-0.1, -0.05) is 80.9 Å². The van der Waals surface area contributed by atoms with Crippen LogP contribution in [0, 0.1) is 13.8 Å². The average Bonchev–Trinajstić information content (AvgIpc) is 3.60. The number of unbranched alkanes of at least 4 members (excludes halogenated alkanes) is 2. The third-order valence-electron chi connectivity index (χ3n) is 4.86. The van der Waals surface area contributed by atoms with Crippen LogP contribution >= 0.6 is 0 Å². The molecule has 0 saturated heterocycles. The van der Waals surface area contributed by atoms with Gasteiger partial charge in [-0.2, -0.15) is 47.9 Å². The van der Waals surface area contributed by atoms with Gasteiger partial charge in [0.2, 0.25) is 0 Å². The van der Waals surface area contributed by atoms with Crippen LogP contribution in [0.25, 0.3) is 21.5 Å². The van der Waals surface area contributed by atoms with E-state index in [1.165, 1.54) is 39.6 Å².